The average molecular weight is 220 g/mol. The molecule has 2 N–H and O–H groups in total. The maximum atomic E-state index is 5.93. The van der Waals surface area contributed by atoms with Crippen molar-refractivity contribution in [2.75, 3.05) is 6.54 Å². The van der Waals surface area contributed by atoms with E-state index in [2.05, 4.69) is 16.9 Å². The van der Waals surface area contributed by atoms with Gasteiger partial charge in [-0.15, -0.1) is 0 Å². The first-order valence-electron chi connectivity index (χ1n) is 5.61. The van der Waals surface area contributed by atoms with E-state index < -0.39 is 0 Å². The molecule has 0 saturated carbocycles. The van der Waals surface area contributed by atoms with Gasteiger partial charge in [-0.3, -0.25) is 9.98 Å². The molecule has 0 aliphatic heterocycles. The second-order valence-electron chi connectivity index (χ2n) is 3.92. The lowest BCUT2D eigenvalue weighted by atomic mass is 10.3. The molecule has 0 amide bonds. The van der Waals surface area contributed by atoms with Gasteiger partial charge in [-0.1, -0.05) is 6.07 Å². The van der Waals surface area contributed by atoms with E-state index in [0.29, 0.717) is 12.5 Å². The largest absolute Gasteiger partial charge is 0.370 e. The molecule has 0 aliphatic rings. The maximum absolute atomic E-state index is 5.93. The van der Waals surface area contributed by atoms with Gasteiger partial charge in [0.05, 0.1) is 12.2 Å². The molecule has 1 rings (SSSR count). The highest BCUT2D eigenvalue weighted by Gasteiger charge is 2.07. The molecule has 1 heterocycles. The van der Waals surface area contributed by atoms with E-state index in [1.54, 1.807) is 6.20 Å². The van der Waals surface area contributed by atoms with Gasteiger partial charge in [0.1, 0.15) is 0 Å². The molecule has 1 aromatic rings. The van der Waals surface area contributed by atoms with E-state index in [4.69, 9.17) is 5.73 Å². The van der Waals surface area contributed by atoms with Crippen LogP contribution in [0.4, 0.5) is 0 Å². The van der Waals surface area contributed by atoms with Crippen LogP contribution in [0.2, 0.25) is 0 Å². The van der Waals surface area contributed by atoms with Crippen molar-refractivity contribution in [3.05, 3.63) is 30.1 Å². The lowest BCUT2D eigenvalue weighted by Gasteiger charge is -2.21. The van der Waals surface area contributed by atoms with E-state index in [-0.39, 0.29) is 6.04 Å². The zero-order valence-corrected chi connectivity index (χ0v) is 10.2. The molecule has 0 fully saturated rings. The highest BCUT2D eigenvalue weighted by atomic mass is 15.3. The van der Waals surface area contributed by atoms with Gasteiger partial charge in [0, 0.05) is 18.8 Å². The lowest BCUT2D eigenvalue weighted by molar-refractivity contribution is 0.421. The van der Waals surface area contributed by atoms with Crippen molar-refractivity contribution >= 4 is 5.96 Å². The van der Waals surface area contributed by atoms with E-state index in [1.807, 2.05) is 36.9 Å². The molecule has 0 unspecified atom stereocenters. The third kappa shape index (κ3) is 3.88. The summed E-state index contributed by atoms with van der Waals surface area (Å²) in [4.78, 5) is 10.6. The van der Waals surface area contributed by atoms with Gasteiger partial charge in [-0.2, -0.15) is 0 Å². The van der Waals surface area contributed by atoms with Crippen LogP contribution in [0.1, 0.15) is 26.5 Å². The van der Waals surface area contributed by atoms with E-state index in [1.165, 1.54) is 0 Å². The summed E-state index contributed by atoms with van der Waals surface area (Å²) in [7, 11) is 0. The van der Waals surface area contributed by atoms with Crippen LogP contribution < -0.4 is 5.73 Å². The molecular weight excluding hydrogens is 200 g/mol. The van der Waals surface area contributed by atoms with Crippen molar-refractivity contribution < 1.29 is 0 Å². The minimum Gasteiger partial charge on any atom is -0.370 e. The molecule has 4 nitrogen and oxygen atoms in total. The van der Waals surface area contributed by atoms with Gasteiger partial charge in [0.25, 0.3) is 0 Å². The number of aromatic nitrogens is 1. The molecule has 0 spiro atoms. The second-order valence-corrected chi connectivity index (χ2v) is 3.92. The number of nitrogens with zero attached hydrogens (tertiary/aromatic N) is 3. The fourth-order valence-electron chi connectivity index (χ4n) is 1.39. The van der Waals surface area contributed by atoms with Crippen LogP contribution in [0, 0.1) is 0 Å². The Balaban J connectivity index is 2.69. The summed E-state index contributed by atoms with van der Waals surface area (Å²) in [5.41, 5.74) is 6.93. The Morgan fingerprint density at radius 3 is 2.75 bits per heavy atom. The predicted octanol–water partition coefficient (Wildman–Crippen LogP) is 1.63. The third-order valence-corrected chi connectivity index (χ3v) is 2.18. The fourth-order valence-corrected chi connectivity index (χ4v) is 1.39. The maximum Gasteiger partial charge on any atom is 0.191 e. The molecular formula is C12H20N4. The molecule has 0 atom stereocenters. The van der Waals surface area contributed by atoms with Gasteiger partial charge >= 0.3 is 0 Å². The van der Waals surface area contributed by atoms with Gasteiger partial charge in [0.2, 0.25) is 0 Å². The summed E-state index contributed by atoms with van der Waals surface area (Å²) in [5.74, 6) is 0.586. The summed E-state index contributed by atoms with van der Waals surface area (Å²) in [5, 5.41) is 0. The van der Waals surface area contributed by atoms with Crippen LogP contribution >= 0.6 is 0 Å². The Morgan fingerprint density at radius 1 is 1.50 bits per heavy atom. The lowest BCUT2D eigenvalue weighted by Crippen LogP contribution is -2.37. The van der Waals surface area contributed by atoms with Crippen LogP contribution in [0.3, 0.4) is 0 Å². The molecule has 0 radical (unpaired) electrons. The Hall–Kier alpha value is -1.58. The Bertz CT molecular complexity index is 332. The van der Waals surface area contributed by atoms with Gasteiger partial charge in [-0.25, -0.2) is 0 Å². The predicted molar refractivity (Wildman–Crippen MR) is 67.1 cm³/mol. The molecule has 4 heteroatoms. The first kappa shape index (κ1) is 12.5. The summed E-state index contributed by atoms with van der Waals surface area (Å²) in [6, 6.07) is 6.10. The van der Waals surface area contributed by atoms with Crippen molar-refractivity contribution in [1.82, 2.24) is 9.88 Å². The van der Waals surface area contributed by atoms with Crippen molar-refractivity contribution in [3.8, 4) is 0 Å². The van der Waals surface area contributed by atoms with Crippen LogP contribution in [0.25, 0.3) is 0 Å². The smallest absolute Gasteiger partial charge is 0.191 e. The normalized spacial score (nSPS) is 11.9. The number of nitrogens with two attached hydrogens (primary N) is 1. The van der Waals surface area contributed by atoms with Gasteiger partial charge in [0.15, 0.2) is 5.96 Å². The molecule has 16 heavy (non-hydrogen) atoms. The number of rotatable bonds is 4. The van der Waals surface area contributed by atoms with E-state index >= 15 is 0 Å². The quantitative estimate of drug-likeness (QED) is 0.619. The number of aliphatic imine (C=N–C) groups is 1. The first-order chi connectivity index (χ1) is 7.63. The third-order valence-electron chi connectivity index (χ3n) is 2.18. The molecule has 0 aliphatic carbocycles. The number of hydrogen-bond acceptors (Lipinski definition) is 2. The summed E-state index contributed by atoms with van der Waals surface area (Å²) < 4.78 is 0. The Morgan fingerprint density at radius 2 is 2.25 bits per heavy atom. The monoisotopic (exact) mass is 220 g/mol. The number of guanidine groups is 1. The Labute approximate surface area is 97.2 Å². The van der Waals surface area contributed by atoms with Gasteiger partial charge < -0.3 is 10.6 Å². The van der Waals surface area contributed by atoms with Crippen LogP contribution in [-0.2, 0) is 6.54 Å². The first-order valence-corrected chi connectivity index (χ1v) is 5.61. The average Bonchev–Trinajstić information content (AvgIpc) is 2.26. The van der Waals surface area contributed by atoms with Crippen molar-refractivity contribution in [1.29, 1.82) is 0 Å². The van der Waals surface area contributed by atoms with Crippen LogP contribution in [-0.4, -0.2) is 28.4 Å². The highest BCUT2D eigenvalue weighted by Crippen LogP contribution is 2.01. The van der Waals surface area contributed by atoms with Gasteiger partial charge in [-0.05, 0) is 32.9 Å². The molecule has 0 saturated heterocycles. The molecule has 1 aromatic heterocycles. The van der Waals surface area contributed by atoms with Crippen molar-refractivity contribution in [2.45, 2.75) is 33.4 Å². The van der Waals surface area contributed by atoms with Crippen molar-refractivity contribution in [2.24, 2.45) is 10.7 Å². The number of hydrogen-bond donors (Lipinski definition) is 1. The SMILES string of the molecule is CCN(Cc1ccccn1)C(N)=NC(C)C. The van der Waals surface area contributed by atoms with Crippen LogP contribution in [0.15, 0.2) is 29.4 Å². The van der Waals surface area contributed by atoms with Crippen molar-refractivity contribution in [3.63, 3.8) is 0 Å². The highest BCUT2D eigenvalue weighted by molar-refractivity contribution is 5.78. The molecule has 88 valence electrons. The molecule has 0 aromatic carbocycles. The molecule has 0 bridgehead atoms. The number of pyridine rings is 1. The summed E-state index contributed by atoms with van der Waals surface area (Å²) >= 11 is 0. The standard InChI is InChI=1S/C12H20N4/c1-4-16(12(13)15-10(2)3)9-11-7-5-6-8-14-11/h5-8,10H,4,9H2,1-3H3,(H2,13,15). The second kappa shape index (κ2) is 6.10. The summed E-state index contributed by atoms with van der Waals surface area (Å²) in [6.45, 7) is 7.63. The fraction of sp³-hybridized carbons (Fsp3) is 0.500. The van der Waals surface area contributed by atoms with Crippen LogP contribution in [0.5, 0.6) is 0 Å². The van der Waals surface area contributed by atoms with E-state index in [0.717, 1.165) is 12.2 Å². The summed E-state index contributed by atoms with van der Waals surface area (Å²) in [6.07, 6.45) is 1.79. The Kier molecular flexibility index (Phi) is 4.76. The minimum atomic E-state index is 0.220. The topological polar surface area (TPSA) is 54.5 Å². The zero-order valence-electron chi connectivity index (χ0n) is 10.2. The minimum absolute atomic E-state index is 0.220. The van der Waals surface area contributed by atoms with E-state index in [9.17, 15) is 0 Å². The zero-order chi connectivity index (χ0) is 12.0.